The first-order valence-electron chi connectivity index (χ1n) is 8.66. The van der Waals surface area contributed by atoms with E-state index in [1.54, 1.807) is 0 Å². The molecule has 0 radical (unpaired) electrons. The van der Waals surface area contributed by atoms with Gasteiger partial charge in [0.05, 0.1) is 0 Å². The van der Waals surface area contributed by atoms with Gasteiger partial charge in [-0.15, -0.1) is 5.73 Å². The van der Waals surface area contributed by atoms with Gasteiger partial charge < -0.3 is 5.73 Å². The van der Waals surface area contributed by atoms with Crippen LogP contribution in [0.5, 0.6) is 0 Å². The second-order valence-electron chi connectivity index (χ2n) is 7.45. The summed E-state index contributed by atoms with van der Waals surface area (Å²) in [4.78, 5) is 0. The van der Waals surface area contributed by atoms with Gasteiger partial charge in [-0.25, -0.2) is 0 Å². The second-order valence-corrected chi connectivity index (χ2v) is 7.45. The number of nitrogens with two attached hydrogens (primary N) is 1. The highest BCUT2D eigenvalue weighted by Gasteiger charge is 2.35. The van der Waals surface area contributed by atoms with Gasteiger partial charge in [-0.05, 0) is 74.9 Å². The normalized spacial score (nSPS) is 15.1. The Labute approximate surface area is 148 Å². The summed E-state index contributed by atoms with van der Waals surface area (Å²) in [5.74, 6) is 0. The molecule has 5 rings (SSSR count). The smallest absolute Gasteiger partial charge is 0.0317 e. The quantitative estimate of drug-likeness (QED) is 0.344. The molecule has 0 amide bonds. The summed E-state index contributed by atoms with van der Waals surface area (Å²) in [6.07, 6.45) is 4.13. The lowest BCUT2D eigenvalue weighted by atomic mass is 9.81. The fourth-order valence-electron chi connectivity index (χ4n) is 4.26. The third kappa shape index (κ3) is 1.91. The van der Waals surface area contributed by atoms with Crippen LogP contribution in [0.2, 0.25) is 0 Å². The highest BCUT2D eigenvalue weighted by Crippen LogP contribution is 2.50. The van der Waals surface area contributed by atoms with Crippen molar-refractivity contribution in [2.24, 2.45) is 0 Å². The van der Waals surface area contributed by atoms with E-state index in [1.165, 1.54) is 44.5 Å². The molecule has 0 bridgehead atoms. The van der Waals surface area contributed by atoms with Gasteiger partial charge in [0.1, 0.15) is 0 Å². The summed E-state index contributed by atoms with van der Waals surface area (Å²) in [5, 5.41) is 0. The van der Waals surface area contributed by atoms with Gasteiger partial charge in [-0.3, -0.25) is 0 Å². The zero-order valence-electron chi connectivity index (χ0n) is 14.4. The van der Waals surface area contributed by atoms with Gasteiger partial charge in [0.15, 0.2) is 0 Å². The molecule has 1 nitrogen and oxygen atoms in total. The van der Waals surface area contributed by atoms with Crippen LogP contribution >= 0.6 is 0 Å². The van der Waals surface area contributed by atoms with Crippen LogP contribution in [0.3, 0.4) is 0 Å². The molecule has 0 aliphatic heterocycles. The molecule has 0 aromatic heterocycles. The molecule has 0 saturated carbocycles. The fraction of sp³-hybridized carbons (Fsp3) is 0.125. The third-order valence-corrected chi connectivity index (χ3v) is 5.62. The Balaban J connectivity index is 1.73. The minimum Gasteiger partial charge on any atom is -0.399 e. The van der Waals surface area contributed by atoms with Gasteiger partial charge in [-0.1, -0.05) is 50.2 Å². The summed E-state index contributed by atoms with van der Waals surface area (Å²) < 4.78 is 0. The van der Waals surface area contributed by atoms with Crippen molar-refractivity contribution in [3.05, 3.63) is 82.6 Å². The number of hydrogen-bond donors (Lipinski definition) is 1. The standard InChI is InChI=1S/C24H19N/c1-24(2)22-13-16(19-8-4-6-15-5-3-7-18(15)19)9-11-20(22)21-12-10-17(25)14-23(21)24/h4-14H,25H2,1-2H3. The van der Waals surface area contributed by atoms with Crippen LogP contribution in [-0.4, -0.2) is 0 Å². The molecule has 2 N–H and O–H groups in total. The van der Waals surface area contributed by atoms with E-state index < -0.39 is 0 Å². The van der Waals surface area contributed by atoms with E-state index in [0.717, 1.165) is 5.69 Å². The summed E-state index contributed by atoms with van der Waals surface area (Å²) in [6, 6.07) is 19.6. The summed E-state index contributed by atoms with van der Waals surface area (Å²) in [7, 11) is 0. The predicted molar refractivity (Wildman–Crippen MR) is 106 cm³/mol. The lowest BCUT2D eigenvalue weighted by Crippen LogP contribution is -2.15. The van der Waals surface area contributed by atoms with E-state index >= 15 is 0 Å². The van der Waals surface area contributed by atoms with Gasteiger partial charge in [0, 0.05) is 11.1 Å². The van der Waals surface area contributed by atoms with Crippen LogP contribution in [-0.2, 0) is 5.41 Å². The molecule has 0 spiro atoms. The molecule has 1 heteroatoms. The maximum atomic E-state index is 6.05. The van der Waals surface area contributed by atoms with E-state index in [-0.39, 0.29) is 5.41 Å². The van der Waals surface area contributed by atoms with Crippen molar-refractivity contribution in [3.63, 3.8) is 0 Å². The van der Waals surface area contributed by atoms with Crippen LogP contribution in [0, 0.1) is 0 Å². The first kappa shape index (κ1) is 14.3. The van der Waals surface area contributed by atoms with Gasteiger partial charge in [-0.2, -0.15) is 0 Å². The molecule has 0 saturated heterocycles. The Hall–Kier alpha value is -3.02. The molecular formula is C24H19N. The van der Waals surface area contributed by atoms with Crippen molar-refractivity contribution < 1.29 is 0 Å². The number of fused-ring (bicyclic) bond motifs is 4. The van der Waals surface area contributed by atoms with Crippen molar-refractivity contribution in [1.29, 1.82) is 0 Å². The van der Waals surface area contributed by atoms with Crippen molar-refractivity contribution in [3.8, 4) is 22.3 Å². The molecular weight excluding hydrogens is 302 g/mol. The van der Waals surface area contributed by atoms with E-state index in [1.807, 2.05) is 6.07 Å². The largest absolute Gasteiger partial charge is 0.399 e. The topological polar surface area (TPSA) is 26.0 Å². The molecule has 0 atom stereocenters. The first-order chi connectivity index (χ1) is 12.1. The maximum Gasteiger partial charge on any atom is 0.0317 e. The Morgan fingerprint density at radius 2 is 1.56 bits per heavy atom. The van der Waals surface area contributed by atoms with Crippen molar-refractivity contribution in [2.45, 2.75) is 19.3 Å². The number of rotatable bonds is 1. The summed E-state index contributed by atoms with van der Waals surface area (Å²) in [6.45, 7) is 4.58. The number of benzene rings is 3. The van der Waals surface area contributed by atoms with Gasteiger partial charge >= 0.3 is 0 Å². The fourth-order valence-corrected chi connectivity index (χ4v) is 4.26. The van der Waals surface area contributed by atoms with E-state index in [9.17, 15) is 0 Å². The lowest BCUT2D eigenvalue weighted by Gasteiger charge is -2.22. The van der Waals surface area contributed by atoms with E-state index in [4.69, 9.17) is 5.73 Å². The molecule has 25 heavy (non-hydrogen) atoms. The van der Waals surface area contributed by atoms with Crippen LogP contribution in [0.1, 0.15) is 36.1 Å². The third-order valence-electron chi connectivity index (χ3n) is 5.62. The number of anilines is 1. The number of hydrogen-bond acceptors (Lipinski definition) is 1. The SMILES string of the molecule is CC1(C)c2cc(N)ccc2-c2ccc(-c3cccc4c3C=C=C4)cc21. The second kappa shape index (κ2) is 4.75. The van der Waals surface area contributed by atoms with E-state index in [0.29, 0.717) is 0 Å². The zero-order valence-corrected chi connectivity index (χ0v) is 14.4. The summed E-state index contributed by atoms with van der Waals surface area (Å²) in [5.41, 5.74) is 20.4. The first-order valence-corrected chi connectivity index (χ1v) is 8.66. The van der Waals surface area contributed by atoms with Gasteiger partial charge in [0.25, 0.3) is 0 Å². The molecule has 0 fully saturated rings. The Morgan fingerprint density at radius 3 is 2.40 bits per heavy atom. The van der Waals surface area contributed by atoms with Crippen molar-refractivity contribution in [1.82, 2.24) is 0 Å². The highest BCUT2D eigenvalue weighted by atomic mass is 14.5. The Morgan fingerprint density at radius 1 is 0.800 bits per heavy atom. The van der Waals surface area contributed by atoms with Crippen LogP contribution in [0.4, 0.5) is 5.69 Å². The predicted octanol–water partition coefficient (Wildman–Crippen LogP) is 5.88. The van der Waals surface area contributed by atoms with Crippen molar-refractivity contribution >= 4 is 17.8 Å². The molecule has 2 aliphatic rings. The minimum atomic E-state index is -0.0396. The molecule has 3 aromatic carbocycles. The Kier molecular flexibility index (Phi) is 2.72. The minimum absolute atomic E-state index is 0.0396. The zero-order chi connectivity index (χ0) is 17.2. The van der Waals surface area contributed by atoms with Crippen LogP contribution in [0.15, 0.2) is 60.3 Å². The Bertz CT molecular complexity index is 1110. The van der Waals surface area contributed by atoms with Gasteiger partial charge in [0.2, 0.25) is 0 Å². The molecule has 0 unspecified atom stereocenters. The molecule has 0 heterocycles. The molecule has 3 aromatic rings. The maximum absolute atomic E-state index is 6.05. The average Bonchev–Trinajstić information content (AvgIpc) is 3.17. The lowest BCUT2D eigenvalue weighted by molar-refractivity contribution is 0.661. The summed E-state index contributed by atoms with van der Waals surface area (Å²) >= 11 is 0. The average molecular weight is 321 g/mol. The number of nitrogen functional groups attached to an aromatic ring is 1. The van der Waals surface area contributed by atoms with Crippen molar-refractivity contribution in [2.75, 3.05) is 5.73 Å². The molecule has 120 valence electrons. The highest BCUT2D eigenvalue weighted by molar-refractivity contribution is 5.88. The monoisotopic (exact) mass is 321 g/mol. The van der Waals surface area contributed by atoms with Crippen LogP contribution < -0.4 is 5.73 Å². The van der Waals surface area contributed by atoms with E-state index in [2.05, 4.69) is 80.3 Å². The van der Waals surface area contributed by atoms with Crippen LogP contribution in [0.25, 0.3) is 34.4 Å². The molecule has 2 aliphatic carbocycles.